The van der Waals surface area contributed by atoms with E-state index in [0.29, 0.717) is 22.7 Å². The van der Waals surface area contributed by atoms with Crippen LogP contribution in [0.3, 0.4) is 0 Å². The molecule has 0 spiro atoms. The van der Waals surface area contributed by atoms with Crippen molar-refractivity contribution in [2.75, 3.05) is 6.61 Å². The number of nitrogens with zero attached hydrogens (tertiary/aromatic N) is 3. The molecule has 2 aromatic heterocycles. The average molecular weight is 425 g/mol. The van der Waals surface area contributed by atoms with Crippen LogP contribution in [0.2, 0.25) is 5.02 Å². The van der Waals surface area contributed by atoms with E-state index in [2.05, 4.69) is 15.4 Å². The number of halogens is 4. The van der Waals surface area contributed by atoms with Crippen molar-refractivity contribution < 1.29 is 22.7 Å². The van der Waals surface area contributed by atoms with Gasteiger partial charge in [-0.25, -0.2) is 9.67 Å². The quantitative estimate of drug-likeness (QED) is 0.641. The number of amides is 1. The highest BCUT2D eigenvalue weighted by Crippen LogP contribution is 2.34. The Labute approximate surface area is 169 Å². The third-order valence-corrected chi connectivity index (χ3v) is 4.14. The van der Waals surface area contributed by atoms with Gasteiger partial charge in [0, 0.05) is 23.3 Å². The second-order valence-corrected chi connectivity index (χ2v) is 6.32. The summed E-state index contributed by atoms with van der Waals surface area (Å²) in [7, 11) is 0. The fraction of sp³-hybridized carbons (Fsp3) is 0.211. The van der Waals surface area contributed by atoms with Crippen LogP contribution in [0.1, 0.15) is 28.5 Å². The summed E-state index contributed by atoms with van der Waals surface area (Å²) in [5, 5.41) is 6.47. The van der Waals surface area contributed by atoms with Crippen LogP contribution in [0.4, 0.5) is 13.2 Å². The Kier molecular flexibility index (Phi) is 6.07. The van der Waals surface area contributed by atoms with Crippen LogP contribution >= 0.6 is 11.6 Å². The summed E-state index contributed by atoms with van der Waals surface area (Å²) in [6.07, 6.45) is -2.41. The van der Waals surface area contributed by atoms with Crippen LogP contribution in [0, 0.1) is 0 Å². The van der Waals surface area contributed by atoms with E-state index in [1.807, 2.05) is 0 Å². The second kappa shape index (κ2) is 8.52. The van der Waals surface area contributed by atoms with Gasteiger partial charge in [0.15, 0.2) is 5.69 Å². The first-order valence-corrected chi connectivity index (χ1v) is 8.95. The predicted molar refractivity (Wildman–Crippen MR) is 100 cm³/mol. The molecule has 0 aliphatic rings. The molecule has 0 bridgehead atoms. The standard InChI is InChI=1S/C19H16ClF3N4O2/c1-2-29-18-12(5-4-8-24-18)10-25-17(28)15-11-26-27(16(15)19(21,22)23)14-7-3-6-13(20)9-14/h3-9,11H,2,10H2,1H3,(H,25,28). The van der Waals surface area contributed by atoms with E-state index >= 15 is 0 Å². The maximum absolute atomic E-state index is 13.7. The molecule has 152 valence electrons. The zero-order chi connectivity index (χ0) is 21.0. The number of benzene rings is 1. The zero-order valence-corrected chi connectivity index (χ0v) is 16.0. The number of rotatable bonds is 6. The summed E-state index contributed by atoms with van der Waals surface area (Å²) in [6, 6.07) is 9.08. The van der Waals surface area contributed by atoms with E-state index in [1.165, 1.54) is 30.5 Å². The van der Waals surface area contributed by atoms with Gasteiger partial charge in [-0.05, 0) is 31.2 Å². The van der Waals surface area contributed by atoms with Crippen molar-refractivity contribution in [3.8, 4) is 11.6 Å². The van der Waals surface area contributed by atoms with Crippen molar-refractivity contribution in [2.45, 2.75) is 19.6 Å². The van der Waals surface area contributed by atoms with Gasteiger partial charge in [0.25, 0.3) is 5.91 Å². The minimum atomic E-state index is -4.81. The molecule has 1 amide bonds. The van der Waals surface area contributed by atoms with Crippen molar-refractivity contribution >= 4 is 17.5 Å². The number of alkyl halides is 3. The maximum atomic E-state index is 13.7. The van der Waals surface area contributed by atoms with Gasteiger partial charge in [-0.1, -0.05) is 23.7 Å². The minimum absolute atomic E-state index is 0.0539. The van der Waals surface area contributed by atoms with Crippen LogP contribution < -0.4 is 10.1 Å². The van der Waals surface area contributed by atoms with Gasteiger partial charge in [-0.3, -0.25) is 4.79 Å². The van der Waals surface area contributed by atoms with E-state index in [1.54, 1.807) is 19.1 Å². The van der Waals surface area contributed by atoms with Gasteiger partial charge >= 0.3 is 6.18 Å². The Bertz CT molecular complexity index is 1020. The normalized spacial score (nSPS) is 11.3. The van der Waals surface area contributed by atoms with Crippen LogP contribution in [0.5, 0.6) is 5.88 Å². The topological polar surface area (TPSA) is 69.0 Å². The lowest BCUT2D eigenvalue weighted by molar-refractivity contribution is -0.143. The number of pyridine rings is 1. The van der Waals surface area contributed by atoms with Crippen molar-refractivity contribution in [3.63, 3.8) is 0 Å². The summed E-state index contributed by atoms with van der Waals surface area (Å²) in [6.45, 7) is 2.08. The first-order chi connectivity index (χ1) is 13.8. The number of nitrogens with one attached hydrogen (secondary N) is 1. The van der Waals surface area contributed by atoms with E-state index in [-0.39, 0.29) is 17.3 Å². The second-order valence-electron chi connectivity index (χ2n) is 5.88. The Hall–Kier alpha value is -3.07. The molecule has 0 radical (unpaired) electrons. The minimum Gasteiger partial charge on any atom is -0.478 e. The summed E-state index contributed by atoms with van der Waals surface area (Å²) < 4.78 is 47.1. The molecular formula is C19H16ClF3N4O2. The van der Waals surface area contributed by atoms with Crippen molar-refractivity contribution in [1.82, 2.24) is 20.1 Å². The lowest BCUT2D eigenvalue weighted by Crippen LogP contribution is -2.26. The third kappa shape index (κ3) is 4.68. The predicted octanol–water partition coefficient (Wildman–Crippen LogP) is 4.27. The summed E-state index contributed by atoms with van der Waals surface area (Å²) in [4.78, 5) is 16.6. The van der Waals surface area contributed by atoms with E-state index in [9.17, 15) is 18.0 Å². The monoisotopic (exact) mass is 424 g/mol. The molecular weight excluding hydrogens is 409 g/mol. The fourth-order valence-electron chi connectivity index (χ4n) is 2.69. The van der Waals surface area contributed by atoms with Gasteiger partial charge in [-0.2, -0.15) is 18.3 Å². The van der Waals surface area contributed by atoms with Gasteiger partial charge < -0.3 is 10.1 Å². The lowest BCUT2D eigenvalue weighted by Gasteiger charge is -2.13. The van der Waals surface area contributed by atoms with Crippen molar-refractivity contribution in [1.29, 1.82) is 0 Å². The Balaban J connectivity index is 1.90. The average Bonchev–Trinajstić information content (AvgIpc) is 3.13. The Morgan fingerprint density at radius 2 is 2.07 bits per heavy atom. The molecule has 2 heterocycles. The van der Waals surface area contributed by atoms with Crippen LogP contribution in [-0.4, -0.2) is 27.3 Å². The van der Waals surface area contributed by atoms with Gasteiger partial charge in [0.05, 0.1) is 24.1 Å². The first-order valence-electron chi connectivity index (χ1n) is 8.57. The van der Waals surface area contributed by atoms with Crippen LogP contribution in [-0.2, 0) is 12.7 Å². The van der Waals surface area contributed by atoms with Gasteiger partial charge in [0.2, 0.25) is 5.88 Å². The number of aromatic nitrogens is 3. The molecule has 1 aromatic carbocycles. The summed E-state index contributed by atoms with van der Waals surface area (Å²) >= 11 is 5.87. The number of ether oxygens (including phenoxy) is 1. The SMILES string of the molecule is CCOc1ncccc1CNC(=O)c1cnn(-c2cccc(Cl)c2)c1C(F)(F)F. The van der Waals surface area contributed by atoms with E-state index in [4.69, 9.17) is 16.3 Å². The summed E-state index contributed by atoms with van der Waals surface area (Å²) in [5.41, 5.74) is -1.15. The van der Waals surface area contributed by atoms with Crippen molar-refractivity contribution in [3.05, 3.63) is 70.6 Å². The molecule has 0 fully saturated rings. The maximum Gasteiger partial charge on any atom is 0.434 e. The molecule has 6 nitrogen and oxygen atoms in total. The van der Waals surface area contributed by atoms with E-state index in [0.717, 1.165) is 6.20 Å². The smallest absolute Gasteiger partial charge is 0.434 e. The molecule has 0 aliphatic carbocycles. The molecule has 3 aromatic rings. The van der Waals surface area contributed by atoms with Crippen molar-refractivity contribution in [2.24, 2.45) is 0 Å². The molecule has 1 N–H and O–H groups in total. The molecule has 0 atom stereocenters. The van der Waals surface area contributed by atoms with E-state index < -0.39 is 23.3 Å². The first kappa shape index (κ1) is 20.7. The molecule has 3 rings (SSSR count). The number of carbonyl (C=O) groups is 1. The third-order valence-electron chi connectivity index (χ3n) is 3.91. The van der Waals surface area contributed by atoms with Gasteiger partial charge in [0.1, 0.15) is 0 Å². The largest absolute Gasteiger partial charge is 0.478 e. The zero-order valence-electron chi connectivity index (χ0n) is 15.2. The highest BCUT2D eigenvalue weighted by Gasteiger charge is 2.40. The Morgan fingerprint density at radius 3 is 2.76 bits per heavy atom. The molecule has 29 heavy (non-hydrogen) atoms. The molecule has 0 unspecified atom stereocenters. The molecule has 10 heteroatoms. The van der Waals surface area contributed by atoms with Crippen LogP contribution in [0.25, 0.3) is 5.69 Å². The molecule has 0 saturated heterocycles. The number of hydrogen-bond donors (Lipinski definition) is 1. The summed E-state index contributed by atoms with van der Waals surface area (Å²) in [5.74, 6) is -0.613. The lowest BCUT2D eigenvalue weighted by atomic mass is 10.2. The van der Waals surface area contributed by atoms with Crippen LogP contribution in [0.15, 0.2) is 48.8 Å². The molecule has 0 saturated carbocycles. The Morgan fingerprint density at radius 1 is 1.28 bits per heavy atom. The number of hydrogen-bond acceptors (Lipinski definition) is 4. The highest BCUT2D eigenvalue weighted by molar-refractivity contribution is 6.30. The number of carbonyl (C=O) groups excluding carboxylic acids is 1. The molecule has 0 aliphatic heterocycles. The van der Waals surface area contributed by atoms with Gasteiger partial charge in [-0.15, -0.1) is 0 Å². The fourth-order valence-corrected chi connectivity index (χ4v) is 2.87. The highest BCUT2D eigenvalue weighted by atomic mass is 35.5.